The van der Waals surface area contributed by atoms with E-state index in [2.05, 4.69) is 5.32 Å². The summed E-state index contributed by atoms with van der Waals surface area (Å²) in [5.41, 5.74) is 0.402. The lowest BCUT2D eigenvalue weighted by Crippen LogP contribution is -2.52. The van der Waals surface area contributed by atoms with Crippen LogP contribution in [0.2, 0.25) is 0 Å². The lowest BCUT2D eigenvalue weighted by Gasteiger charge is -2.32. The van der Waals surface area contributed by atoms with E-state index in [4.69, 9.17) is 9.47 Å². The highest BCUT2D eigenvalue weighted by molar-refractivity contribution is 7.92. The number of amides is 2. The summed E-state index contributed by atoms with van der Waals surface area (Å²) < 4.78 is 51.0. The molecule has 2 aromatic rings. The largest absolute Gasteiger partial charge is 0.454 e. The summed E-state index contributed by atoms with van der Waals surface area (Å²) in [5, 5.41) is 2.73. The number of nitrogens with one attached hydrogen (secondary N) is 1. The number of anilines is 1. The van der Waals surface area contributed by atoms with E-state index in [1.807, 2.05) is 0 Å². The minimum absolute atomic E-state index is 0.00941. The van der Waals surface area contributed by atoms with E-state index >= 15 is 0 Å². The Morgan fingerprint density at radius 2 is 1.76 bits per heavy atom. The van der Waals surface area contributed by atoms with Crippen molar-refractivity contribution in [3.05, 3.63) is 53.8 Å². The van der Waals surface area contributed by atoms with Gasteiger partial charge in [0.15, 0.2) is 11.5 Å². The van der Waals surface area contributed by atoms with E-state index < -0.39 is 40.2 Å². The smallest absolute Gasteiger partial charge is 0.244 e. The molecule has 1 heterocycles. The van der Waals surface area contributed by atoms with Gasteiger partial charge in [0.2, 0.25) is 28.6 Å². The minimum Gasteiger partial charge on any atom is -0.454 e. The van der Waals surface area contributed by atoms with Gasteiger partial charge in [-0.05, 0) is 39.0 Å². The molecule has 2 amide bonds. The summed E-state index contributed by atoms with van der Waals surface area (Å²) in [6, 6.07) is 9.26. The van der Waals surface area contributed by atoms with Crippen molar-refractivity contribution in [3.63, 3.8) is 0 Å². The average Bonchev–Trinajstić information content (AvgIpc) is 3.23. The normalized spacial score (nSPS) is 13.5. The molecular weight excluding hydrogens is 465 g/mol. The second-order valence-corrected chi connectivity index (χ2v) is 10.2. The van der Waals surface area contributed by atoms with Crippen molar-refractivity contribution in [1.82, 2.24) is 10.2 Å². The molecule has 0 saturated heterocycles. The molecular formula is C23H28FN3O6S. The van der Waals surface area contributed by atoms with E-state index in [9.17, 15) is 22.4 Å². The van der Waals surface area contributed by atoms with Crippen molar-refractivity contribution in [2.75, 3.05) is 23.9 Å². The maximum Gasteiger partial charge on any atom is 0.244 e. The molecule has 0 bridgehead atoms. The first-order chi connectivity index (χ1) is 16.0. The molecule has 1 atom stereocenters. The monoisotopic (exact) mass is 493 g/mol. The van der Waals surface area contributed by atoms with E-state index in [-0.39, 0.29) is 30.6 Å². The zero-order valence-electron chi connectivity index (χ0n) is 19.4. The zero-order chi connectivity index (χ0) is 25.0. The second-order valence-electron chi connectivity index (χ2n) is 8.26. The average molecular weight is 494 g/mol. The van der Waals surface area contributed by atoms with Crippen molar-refractivity contribution in [3.8, 4) is 11.5 Å². The Morgan fingerprint density at radius 1 is 1.09 bits per heavy atom. The number of halogens is 1. The fraction of sp³-hybridized carbons (Fsp3) is 0.391. The molecule has 3 rings (SSSR count). The van der Waals surface area contributed by atoms with Crippen molar-refractivity contribution >= 4 is 27.5 Å². The molecule has 0 aromatic heterocycles. The fourth-order valence-corrected chi connectivity index (χ4v) is 4.29. The predicted molar refractivity (Wildman–Crippen MR) is 124 cm³/mol. The molecule has 9 nitrogen and oxygen atoms in total. The number of fused-ring (bicyclic) bond motifs is 1. The number of sulfonamides is 1. The standard InChI is InChI=1S/C23H28FN3O6S/c1-15(2)25-23(29)16(3)26(12-17-7-5-6-8-19(17)24)22(28)13-27(34(4,30)31)18-9-10-20-21(11-18)33-14-32-20/h5-11,15-16H,12-14H2,1-4H3,(H,25,29). The molecule has 184 valence electrons. The lowest BCUT2D eigenvalue weighted by molar-refractivity contribution is -0.139. The SMILES string of the molecule is CC(C)NC(=O)C(C)N(Cc1ccccc1F)C(=O)CN(c1ccc2c(c1)OCO2)S(C)(=O)=O. The van der Waals surface area contributed by atoms with Crippen LogP contribution in [0.15, 0.2) is 42.5 Å². The number of nitrogens with zero attached hydrogens (tertiary/aromatic N) is 2. The van der Waals surface area contributed by atoms with Crippen LogP contribution < -0.4 is 19.1 Å². The summed E-state index contributed by atoms with van der Waals surface area (Å²) >= 11 is 0. The van der Waals surface area contributed by atoms with Crippen molar-refractivity contribution in [1.29, 1.82) is 0 Å². The number of benzene rings is 2. The van der Waals surface area contributed by atoms with Crippen molar-refractivity contribution in [2.24, 2.45) is 0 Å². The molecule has 34 heavy (non-hydrogen) atoms. The second kappa shape index (κ2) is 10.3. The third-order valence-corrected chi connectivity index (χ3v) is 6.36. The quantitative estimate of drug-likeness (QED) is 0.575. The number of ether oxygens (including phenoxy) is 2. The van der Waals surface area contributed by atoms with Gasteiger partial charge < -0.3 is 19.7 Å². The number of carbonyl (C=O) groups excluding carboxylic acids is 2. The van der Waals surface area contributed by atoms with E-state index in [0.717, 1.165) is 10.6 Å². The first-order valence-electron chi connectivity index (χ1n) is 10.7. The van der Waals surface area contributed by atoms with Gasteiger partial charge in [0.25, 0.3) is 0 Å². The van der Waals surface area contributed by atoms with Crippen LogP contribution in [0.5, 0.6) is 11.5 Å². The third-order valence-electron chi connectivity index (χ3n) is 5.22. The van der Waals surface area contributed by atoms with Gasteiger partial charge in [-0.3, -0.25) is 13.9 Å². The summed E-state index contributed by atoms with van der Waals surface area (Å²) in [6.07, 6.45) is 0.973. The molecule has 11 heteroatoms. The van der Waals surface area contributed by atoms with Crippen LogP contribution >= 0.6 is 0 Å². The van der Waals surface area contributed by atoms with Gasteiger partial charge in [0, 0.05) is 24.2 Å². The maximum absolute atomic E-state index is 14.4. The Hall–Kier alpha value is -3.34. The Balaban J connectivity index is 1.92. The highest BCUT2D eigenvalue weighted by atomic mass is 32.2. The summed E-state index contributed by atoms with van der Waals surface area (Å²) in [5.74, 6) is -0.825. The summed E-state index contributed by atoms with van der Waals surface area (Å²) in [4.78, 5) is 27.3. The minimum atomic E-state index is -3.90. The predicted octanol–water partition coefficient (Wildman–Crippen LogP) is 2.26. The van der Waals surface area contributed by atoms with Crippen LogP contribution in [0.1, 0.15) is 26.3 Å². The van der Waals surface area contributed by atoms with Gasteiger partial charge >= 0.3 is 0 Å². The first kappa shape index (κ1) is 25.3. The molecule has 0 radical (unpaired) electrons. The molecule has 1 aliphatic heterocycles. The van der Waals surface area contributed by atoms with Gasteiger partial charge in [-0.25, -0.2) is 12.8 Å². The van der Waals surface area contributed by atoms with Crippen LogP contribution in [0.25, 0.3) is 0 Å². The molecule has 2 aromatic carbocycles. The van der Waals surface area contributed by atoms with E-state index in [0.29, 0.717) is 11.5 Å². The van der Waals surface area contributed by atoms with Crippen LogP contribution in [-0.2, 0) is 26.2 Å². The van der Waals surface area contributed by atoms with Gasteiger partial charge in [-0.2, -0.15) is 0 Å². The number of hydrogen-bond acceptors (Lipinski definition) is 6. The number of carbonyl (C=O) groups is 2. The lowest BCUT2D eigenvalue weighted by atomic mass is 10.1. The van der Waals surface area contributed by atoms with E-state index in [1.54, 1.807) is 26.0 Å². The van der Waals surface area contributed by atoms with Crippen LogP contribution in [0, 0.1) is 5.82 Å². The maximum atomic E-state index is 14.4. The molecule has 1 N–H and O–H groups in total. The summed E-state index contributed by atoms with van der Waals surface area (Å²) in [6.45, 7) is 4.28. The Bertz CT molecular complexity index is 1170. The summed E-state index contributed by atoms with van der Waals surface area (Å²) in [7, 11) is -3.90. The molecule has 0 fully saturated rings. The van der Waals surface area contributed by atoms with Gasteiger partial charge in [0.05, 0.1) is 11.9 Å². The number of rotatable bonds is 9. The van der Waals surface area contributed by atoms with Crippen LogP contribution in [0.3, 0.4) is 0 Å². The zero-order valence-corrected chi connectivity index (χ0v) is 20.3. The van der Waals surface area contributed by atoms with E-state index in [1.165, 1.54) is 42.2 Å². The number of hydrogen-bond donors (Lipinski definition) is 1. The Kier molecular flexibility index (Phi) is 7.65. The van der Waals surface area contributed by atoms with Crippen molar-refractivity contribution < 1.29 is 31.9 Å². The molecule has 1 unspecified atom stereocenters. The molecule has 0 aliphatic carbocycles. The highest BCUT2D eigenvalue weighted by Crippen LogP contribution is 2.36. The van der Waals surface area contributed by atoms with Gasteiger partial charge in [0.1, 0.15) is 18.4 Å². The van der Waals surface area contributed by atoms with Crippen LogP contribution in [-0.4, -0.2) is 56.8 Å². The van der Waals surface area contributed by atoms with Crippen LogP contribution in [0.4, 0.5) is 10.1 Å². The molecule has 1 aliphatic rings. The molecule has 0 saturated carbocycles. The molecule has 0 spiro atoms. The van der Waals surface area contributed by atoms with Gasteiger partial charge in [-0.15, -0.1) is 0 Å². The first-order valence-corrected chi connectivity index (χ1v) is 12.5. The topological polar surface area (TPSA) is 105 Å². The Morgan fingerprint density at radius 3 is 2.41 bits per heavy atom. The van der Waals surface area contributed by atoms with Crippen molar-refractivity contribution in [2.45, 2.75) is 39.4 Å². The Labute approximate surface area is 198 Å². The fourth-order valence-electron chi connectivity index (χ4n) is 3.45. The van der Waals surface area contributed by atoms with Gasteiger partial charge in [-0.1, -0.05) is 18.2 Å². The highest BCUT2D eigenvalue weighted by Gasteiger charge is 2.31. The third kappa shape index (κ3) is 5.96.